The molecule has 1 saturated heterocycles. The molecule has 1 fully saturated rings. The summed E-state index contributed by atoms with van der Waals surface area (Å²) in [6, 6.07) is 18.2. The van der Waals surface area contributed by atoms with E-state index in [-0.39, 0.29) is 12.2 Å². The molecule has 0 aliphatic carbocycles. The topological polar surface area (TPSA) is 21.7 Å². The number of ether oxygens (including phenoxy) is 2. The maximum atomic E-state index is 5.91. The first kappa shape index (κ1) is 16.9. The van der Waals surface area contributed by atoms with Crippen LogP contribution in [-0.4, -0.2) is 35.2 Å². The van der Waals surface area contributed by atoms with E-state index in [1.807, 2.05) is 42.5 Å². The van der Waals surface area contributed by atoms with Crippen molar-refractivity contribution in [3.63, 3.8) is 0 Å². The number of hydrogen-bond acceptors (Lipinski definition) is 3. The average Bonchev–Trinajstić information content (AvgIpc) is 2.59. The number of morpholine rings is 1. The third-order valence-electron chi connectivity index (χ3n) is 4.04. The third kappa shape index (κ3) is 4.34. The third-order valence-corrected chi connectivity index (χ3v) is 4.53. The van der Waals surface area contributed by atoms with Crippen LogP contribution in [0, 0.1) is 0 Å². The van der Waals surface area contributed by atoms with E-state index in [4.69, 9.17) is 21.7 Å². The van der Waals surface area contributed by atoms with E-state index in [0.717, 1.165) is 35.0 Å². The van der Waals surface area contributed by atoms with Crippen LogP contribution in [0.25, 0.3) is 0 Å². The molecule has 0 spiro atoms. The summed E-state index contributed by atoms with van der Waals surface area (Å²) >= 11 is 5.70. The molecule has 4 heteroatoms. The zero-order chi connectivity index (χ0) is 16.9. The fourth-order valence-electron chi connectivity index (χ4n) is 2.99. The second-order valence-corrected chi connectivity index (χ2v) is 6.66. The predicted octanol–water partition coefficient (Wildman–Crippen LogP) is 4.05. The molecule has 0 saturated carbocycles. The van der Waals surface area contributed by atoms with Crippen LogP contribution in [-0.2, 0) is 11.3 Å². The second-order valence-electron chi connectivity index (χ2n) is 6.27. The minimum atomic E-state index is 0.198. The maximum absolute atomic E-state index is 5.91. The molecule has 1 heterocycles. The van der Waals surface area contributed by atoms with Gasteiger partial charge < -0.3 is 14.4 Å². The Labute approximate surface area is 149 Å². The van der Waals surface area contributed by atoms with Crippen molar-refractivity contribution >= 4 is 17.2 Å². The Morgan fingerprint density at radius 2 is 1.79 bits per heavy atom. The summed E-state index contributed by atoms with van der Waals surface area (Å²) in [5.41, 5.74) is 2.18. The summed E-state index contributed by atoms with van der Waals surface area (Å²) in [6.07, 6.45) is 0.397. The highest BCUT2D eigenvalue weighted by Gasteiger charge is 2.24. The van der Waals surface area contributed by atoms with Crippen molar-refractivity contribution < 1.29 is 9.47 Å². The van der Waals surface area contributed by atoms with E-state index in [2.05, 4.69) is 30.9 Å². The van der Waals surface area contributed by atoms with Gasteiger partial charge in [0.05, 0.1) is 12.2 Å². The van der Waals surface area contributed by atoms with Gasteiger partial charge in [-0.3, -0.25) is 0 Å². The van der Waals surface area contributed by atoms with Crippen molar-refractivity contribution in [1.82, 2.24) is 4.90 Å². The van der Waals surface area contributed by atoms with Gasteiger partial charge in [-0.05, 0) is 31.5 Å². The Hall–Kier alpha value is -1.91. The minimum absolute atomic E-state index is 0.198. The van der Waals surface area contributed by atoms with Crippen LogP contribution in [0.1, 0.15) is 25.0 Å². The Balaban J connectivity index is 1.67. The second kappa shape index (κ2) is 7.77. The normalized spacial score (nSPS) is 20.7. The van der Waals surface area contributed by atoms with Crippen LogP contribution < -0.4 is 4.74 Å². The molecule has 0 N–H and O–H groups in total. The van der Waals surface area contributed by atoms with Crippen molar-refractivity contribution in [2.24, 2.45) is 0 Å². The molecule has 3 rings (SSSR count). The summed E-state index contributed by atoms with van der Waals surface area (Å²) < 4.78 is 11.7. The average molecular weight is 341 g/mol. The van der Waals surface area contributed by atoms with E-state index in [0.29, 0.717) is 6.61 Å². The Bertz CT molecular complexity index is 679. The molecule has 1 aliphatic rings. The number of hydrogen-bond donors (Lipinski definition) is 0. The molecule has 1 aliphatic heterocycles. The van der Waals surface area contributed by atoms with Crippen LogP contribution in [0.4, 0.5) is 0 Å². The molecule has 2 atom stereocenters. The Kier molecular flexibility index (Phi) is 5.48. The van der Waals surface area contributed by atoms with E-state index >= 15 is 0 Å². The number of nitrogens with zero attached hydrogens (tertiary/aromatic N) is 1. The van der Waals surface area contributed by atoms with Gasteiger partial charge in [-0.1, -0.05) is 54.7 Å². The molecule has 2 aromatic carbocycles. The highest BCUT2D eigenvalue weighted by atomic mass is 32.1. The van der Waals surface area contributed by atoms with Crippen molar-refractivity contribution in [2.75, 3.05) is 13.1 Å². The van der Waals surface area contributed by atoms with Gasteiger partial charge in [-0.25, -0.2) is 0 Å². The largest absolute Gasteiger partial charge is 0.489 e. The molecule has 2 aromatic rings. The van der Waals surface area contributed by atoms with Gasteiger partial charge in [-0.2, -0.15) is 0 Å². The molecule has 0 unspecified atom stereocenters. The Morgan fingerprint density at radius 1 is 1.08 bits per heavy atom. The molecular weight excluding hydrogens is 318 g/mol. The van der Waals surface area contributed by atoms with Crippen molar-refractivity contribution in [3.8, 4) is 5.75 Å². The van der Waals surface area contributed by atoms with E-state index < -0.39 is 0 Å². The highest BCUT2D eigenvalue weighted by molar-refractivity contribution is 7.80. The smallest absolute Gasteiger partial charge is 0.120 e. The van der Waals surface area contributed by atoms with Gasteiger partial charge in [-0.15, -0.1) is 0 Å². The van der Waals surface area contributed by atoms with Gasteiger partial charge in [0.15, 0.2) is 0 Å². The van der Waals surface area contributed by atoms with E-state index in [1.54, 1.807) is 0 Å². The molecule has 126 valence electrons. The quantitative estimate of drug-likeness (QED) is 0.782. The van der Waals surface area contributed by atoms with E-state index in [1.165, 1.54) is 0 Å². The standard InChI is InChI=1S/C20H23NO2S/c1-15-12-21(13-16(2)23-15)20(24)18-9-6-10-19(11-18)22-14-17-7-4-3-5-8-17/h3-11,15-16H,12-14H2,1-2H3/t15-,16-/m1/s1. The molecule has 3 nitrogen and oxygen atoms in total. The predicted molar refractivity (Wildman–Crippen MR) is 100 cm³/mol. The van der Waals surface area contributed by atoms with Gasteiger partial charge in [0.25, 0.3) is 0 Å². The van der Waals surface area contributed by atoms with Crippen LogP contribution >= 0.6 is 12.2 Å². The number of thiocarbonyl (C=S) groups is 1. The van der Waals surface area contributed by atoms with Crippen molar-refractivity contribution in [1.29, 1.82) is 0 Å². The van der Waals surface area contributed by atoms with Gasteiger partial charge in [0.1, 0.15) is 17.3 Å². The summed E-state index contributed by atoms with van der Waals surface area (Å²) in [4.78, 5) is 3.09. The Morgan fingerprint density at radius 3 is 2.50 bits per heavy atom. The summed E-state index contributed by atoms with van der Waals surface area (Å²) in [6.45, 7) is 6.40. The van der Waals surface area contributed by atoms with Crippen molar-refractivity contribution in [3.05, 3.63) is 65.7 Å². The monoisotopic (exact) mass is 341 g/mol. The SMILES string of the molecule is C[C@@H]1CN(C(=S)c2cccc(OCc3ccccc3)c2)C[C@@H](C)O1. The fourth-order valence-corrected chi connectivity index (χ4v) is 3.26. The first-order chi connectivity index (χ1) is 11.6. The summed E-state index contributed by atoms with van der Waals surface area (Å²) in [5, 5.41) is 0. The minimum Gasteiger partial charge on any atom is -0.489 e. The zero-order valence-electron chi connectivity index (χ0n) is 14.1. The molecule has 0 bridgehead atoms. The molecule has 0 amide bonds. The fraction of sp³-hybridized carbons (Fsp3) is 0.350. The number of rotatable bonds is 4. The van der Waals surface area contributed by atoms with Crippen LogP contribution in [0.3, 0.4) is 0 Å². The maximum Gasteiger partial charge on any atom is 0.120 e. The van der Waals surface area contributed by atoms with Crippen LogP contribution in [0.5, 0.6) is 5.75 Å². The summed E-state index contributed by atoms with van der Waals surface area (Å²) in [7, 11) is 0. The molecular formula is C20H23NO2S. The first-order valence-electron chi connectivity index (χ1n) is 8.33. The van der Waals surface area contributed by atoms with Gasteiger partial charge in [0.2, 0.25) is 0 Å². The van der Waals surface area contributed by atoms with Gasteiger partial charge in [0, 0.05) is 18.7 Å². The lowest BCUT2D eigenvalue weighted by atomic mass is 10.1. The first-order valence-corrected chi connectivity index (χ1v) is 8.74. The highest BCUT2D eigenvalue weighted by Crippen LogP contribution is 2.20. The number of benzene rings is 2. The van der Waals surface area contributed by atoms with Crippen LogP contribution in [0.15, 0.2) is 54.6 Å². The van der Waals surface area contributed by atoms with Crippen LogP contribution in [0.2, 0.25) is 0 Å². The molecule has 0 radical (unpaired) electrons. The lowest BCUT2D eigenvalue weighted by Gasteiger charge is -2.37. The summed E-state index contributed by atoms with van der Waals surface area (Å²) in [5.74, 6) is 0.841. The molecule has 24 heavy (non-hydrogen) atoms. The lowest BCUT2D eigenvalue weighted by molar-refractivity contribution is -0.0472. The van der Waals surface area contributed by atoms with E-state index in [9.17, 15) is 0 Å². The van der Waals surface area contributed by atoms with Gasteiger partial charge >= 0.3 is 0 Å². The van der Waals surface area contributed by atoms with Crippen molar-refractivity contribution in [2.45, 2.75) is 32.7 Å². The molecule has 0 aromatic heterocycles. The lowest BCUT2D eigenvalue weighted by Crippen LogP contribution is -2.47. The zero-order valence-corrected chi connectivity index (χ0v) is 15.0.